The zero-order valence-electron chi connectivity index (χ0n) is 17.8. The number of likely N-dealkylation sites (tertiary alicyclic amines) is 1. The first-order valence-corrected chi connectivity index (χ1v) is 11.6. The maximum Gasteiger partial charge on any atom is 0.255 e. The van der Waals surface area contributed by atoms with Crippen molar-refractivity contribution < 1.29 is 9.18 Å². The molecule has 31 heavy (non-hydrogen) atoms. The first kappa shape index (κ1) is 20.5. The minimum atomic E-state index is -0.289. The molecule has 2 aromatic heterocycles. The van der Waals surface area contributed by atoms with Crippen molar-refractivity contribution in [1.29, 1.82) is 0 Å². The lowest BCUT2D eigenvalue weighted by molar-refractivity contribution is -0.130. The van der Waals surface area contributed by atoms with Gasteiger partial charge >= 0.3 is 0 Å². The molecule has 4 heterocycles. The van der Waals surface area contributed by atoms with Gasteiger partial charge in [-0.2, -0.15) is 5.10 Å². The number of carbonyl (C=O) groups is 1. The molecular formula is C23H27ClFN5O. The maximum absolute atomic E-state index is 13.9. The van der Waals surface area contributed by atoms with Crippen LogP contribution in [0.1, 0.15) is 62.2 Å². The van der Waals surface area contributed by atoms with Crippen LogP contribution in [-0.4, -0.2) is 45.0 Å². The summed E-state index contributed by atoms with van der Waals surface area (Å²) in [6, 6.07) is 1.83. The van der Waals surface area contributed by atoms with Gasteiger partial charge in [-0.25, -0.2) is 13.9 Å². The van der Waals surface area contributed by atoms with E-state index in [1.54, 1.807) is 0 Å². The average Bonchev–Trinajstić information content (AvgIpc) is 3.44. The van der Waals surface area contributed by atoms with Crippen LogP contribution in [0.25, 0.3) is 5.65 Å². The van der Waals surface area contributed by atoms with Crippen molar-refractivity contribution in [3.05, 3.63) is 46.0 Å². The standard InChI is InChI=1S/C23H27ClFN5O/c1-15-14-30-21(26-22(15)28-9-4-5-10-28)13-19(27-30)20-6-2-3-11-29(20)23(31)17-12-16(25)7-8-18(17)24/h12-14,20H,2-11H2,1H3. The summed E-state index contributed by atoms with van der Waals surface area (Å²) in [5.41, 5.74) is 3.00. The Labute approximate surface area is 186 Å². The van der Waals surface area contributed by atoms with Gasteiger partial charge in [0, 0.05) is 48.9 Å². The van der Waals surface area contributed by atoms with Gasteiger partial charge in [0.2, 0.25) is 0 Å². The molecule has 0 spiro atoms. The van der Waals surface area contributed by atoms with Crippen LogP contribution in [0.15, 0.2) is 34.8 Å². The molecule has 164 valence electrons. The maximum atomic E-state index is 13.9. The Morgan fingerprint density at radius 1 is 1.16 bits per heavy atom. The fraction of sp³-hybridized carbons (Fsp3) is 0.522. The molecule has 2 aliphatic heterocycles. The van der Waals surface area contributed by atoms with Crippen LogP contribution in [0.2, 0.25) is 0 Å². The highest BCUT2D eigenvalue weighted by molar-refractivity contribution is 6.32. The van der Waals surface area contributed by atoms with Gasteiger partial charge in [0.05, 0.1) is 17.3 Å². The number of allylic oxidation sites excluding steroid dienone is 2. The van der Waals surface area contributed by atoms with Gasteiger partial charge in [-0.15, -0.1) is 0 Å². The van der Waals surface area contributed by atoms with Crippen LogP contribution >= 0.6 is 11.6 Å². The molecule has 2 fully saturated rings. The van der Waals surface area contributed by atoms with E-state index in [2.05, 4.69) is 11.8 Å². The van der Waals surface area contributed by atoms with Crippen molar-refractivity contribution in [1.82, 2.24) is 19.5 Å². The molecule has 0 aromatic carbocycles. The van der Waals surface area contributed by atoms with E-state index in [4.69, 9.17) is 21.7 Å². The second-order valence-corrected chi connectivity index (χ2v) is 9.19. The smallest absolute Gasteiger partial charge is 0.255 e. The van der Waals surface area contributed by atoms with Gasteiger partial charge in [0.25, 0.3) is 5.91 Å². The molecule has 8 heteroatoms. The Balaban J connectivity index is 1.48. The zero-order chi connectivity index (χ0) is 21.5. The number of piperidine rings is 1. The summed E-state index contributed by atoms with van der Waals surface area (Å²) in [5, 5.41) is 5.22. The molecule has 0 saturated carbocycles. The number of fused-ring (bicyclic) bond motifs is 1. The first-order valence-electron chi connectivity index (χ1n) is 11.2. The molecule has 2 saturated heterocycles. The van der Waals surface area contributed by atoms with E-state index in [-0.39, 0.29) is 29.8 Å². The normalized spacial score (nSPS) is 22.4. The van der Waals surface area contributed by atoms with Gasteiger partial charge in [0.1, 0.15) is 11.6 Å². The molecule has 5 rings (SSSR count). The molecule has 1 aliphatic carbocycles. The van der Waals surface area contributed by atoms with Gasteiger partial charge in [-0.3, -0.25) is 4.79 Å². The largest absolute Gasteiger partial charge is 0.356 e. The molecule has 3 aliphatic rings. The quantitative estimate of drug-likeness (QED) is 0.681. The molecule has 1 atom stereocenters. The number of hydrogen-bond acceptors (Lipinski definition) is 4. The molecule has 2 aromatic rings. The van der Waals surface area contributed by atoms with E-state index in [0.717, 1.165) is 55.1 Å². The molecule has 0 bridgehead atoms. The highest BCUT2D eigenvalue weighted by Crippen LogP contribution is 2.35. The Hall–Kier alpha value is -2.41. The minimum absolute atomic E-state index is 0.158. The summed E-state index contributed by atoms with van der Waals surface area (Å²) in [5.74, 6) is 0.527. The first-order chi connectivity index (χ1) is 15.0. The number of aryl methyl sites for hydroxylation is 1. The van der Waals surface area contributed by atoms with E-state index in [1.165, 1.54) is 18.9 Å². The van der Waals surface area contributed by atoms with Gasteiger partial charge in [-0.1, -0.05) is 11.6 Å². The number of hydrogen-bond donors (Lipinski definition) is 0. The zero-order valence-corrected chi connectivity index (χ0v) is 18.5. The van der Waals surface area contributed by atoms with Crippen molar-refractivity contribution in [3.8, 4) is 0 Å². The highest BCUT2D eigenvalue weighted by Gasteiger charge is 2.33. The second-order valence-electron chi connectivity index (χ2n) is 8.73. The third-order valence-corrected chi connectivity index (χ3v) is 6.93. The second kappa shape index (κ2) is 8.26. The summed E-state index contributed by atoms with van der Waals surface area (Å²) in [4.78, 5) is 22.3. The third-order valence-electron chi connectivity index (χ3n) is 6.54. The topological polar surface area (TPSA) is 53.7 Å². The Morgan fingerprint density at radius 3 is 2.74 bits per heavy atom. The molecule has 1 unspecified atom stereocenters. The average molecular weight is 444 g/mol. The van der Waals surface area contributed by atoms with Crippen molar-refractivity contribution in [2.45, 2.75) is 57.9 Å². The molecule has 1 amide bonds. The van der Waals surface area contributed by atoms with Crippen molar-refractivity contribution in [2.75, 3.05) is 24.5 Å². The molecule has 0 N–H and O–H groups in total. The summed E-state index contributed by atoms with van der Waals surface area (Å²) in [7, 11) is 0. The van der Waals surface area contributed by atoms with Crippen LogP contribution in [0.5, 0.6) is 0 Å². The van der Waals surface area contributed by atoms with E-state index in [9.17, 15) is 9.18 Å². The van der Waals surface area contributed by atoms with Crippen LogP contribution in [0.4, 0.5) is 10.2 Å². The van der Waals surface area contributed by atoms with E-state index in [1.807, 2.05) is 21.7 Å². The molecule has 6 nitrogen and oxygen atoms in total. The summed E-state index contributed by atoms with van der Waals surface area (Å²) < 4.78 is 15.7. The van der Waals surface area contributed by atoms with Crippen LogP contribution < -0.4 is 4.90 Å². The lowest BCUT2D eigenvalue weighted by Crippen LogP contribution is -2.39. The summed E-state index contributed by atoms with van der Waals surface area (Å²) in [6.07, 6.45) is 9.12. The minimum Gasteiger partial charge on any atom is -0.356 e. The van der Waals surface area contributed by atoms with Gasteiger partial charge in [0.15, 0.2) is 5.65 Å². The number of carbonyl (C=O) groups excluding carboxylic acids is 1. The van der Waals surface area contributed by atoms with Gasteiger partial charge < -0.3 is 9.80 Å². The predicted octanol–water partition coefficient (Wildman–Crippen LogP) is 4.83. The third kappa shape index (κ3) is 3.84. The number of anilines is 1. The highest BCUT2D eigenvalue weighted by atomic mass is 35.5. The van der Waals surface area contributed by atoms with Crippen molar-refractivity contribution in [2.24, 2.45) is 0 Å². The van der Waals surface area contributed by atoms with E-state index >= 15 is 0 Å². The monoisotopic (exact) mass is 443 g/mol. The van der Waals surface area contributed by atoms with Crippen molar-refractivity contribution >= 4 is 29.0 Å². The van der Waals surface area contributed by atoms with Crippen molar-refractivity contribution in [3.63, 3.8) is 0 Å². The number of rotatable bonds is 3. The Bertz CT molecular complexity index is 1090. The van der Waals surface area contributed by atoms with Crippen LogP contribution in [0.3, 0.4) is 0 Å². The number of aromatic nitrogens is 3. The van der Waals surface area contributed by atoms with Gasteiger partial charge in [-0.05, 0) is 51.5 Å². The summed E-state index contributed by atoms with van der Waals surface area (Å²) in [6.45, 7) is 4.76. The number of nitrogens with zero attached hydrogens (tertiary/aromatic N) is 5. The summed E-state index contributed by atoms with van der Waals surface area (Å²) >= 11 is 6.30. The molecule has 0 radical (unpaired) electrons. The predicted molar refractivity (Wildman–Crippen MR) is 119 cm³/mol. The molecular weight excluding hydrogens is 417 g/mol. The lowest BCUT2D eigenvalue weighted by Gasteiger charge is -2.35. The fourth-order valence-electron chi connectivity index (χ4n) is 4.92. The lowest BCUT2D eigenvalue weighted by atomic mass is 9.96. The Morgan fingerprint density at radius 2 is 1.94 bits per heavy atom. The van der Waals surface area contributed by atoms with Crippen LogP contribution in [0, 0.1) is 6.92 Å². The number of amides is 1. The van der Waals surface area contributed by atoms with E-state index in [0.29, 0.717) is 18.0 Å². The van der Waals surface area contributed by atoms with E-state index < -0.39 is 0 Å². The van der Waals surface area contributed by atoms with Crippen LogP contribution in [-0.2, 0) is 4.79 Å². The fourth-order valence-corrected chi connectivity index (χ4v) is 5.15. The SMILES string of the molecule is Cc1cn2nc(C3CCCCN3C(=O)C3=C(Cl)CCC(F)=C3)cc2nc1N1CCCC1. The number of halogens is 2. The Kier molecular flexibility index (Phi) is 5.46.